The molecular formula is C19H22Cl2N6O. The number of halogens is 2. The molecule has 2 fully saturated rings. The molecule has 7 nitrogen and oxygen atoms in total. The number of piperazine rings is 1. The van der Waals surface area contributed by atoms with Gasteiger partial charge in [-0.05, 0) is 48.5 Å². The maximum Gasteiger partial charge on any atom is 0.244 e. The summed E-state index contributed by atoms with van der Waals surface area (Å²) < 4.78 is 0. The lowest BCUT2D eigenvalue weighted by molar-refractivity contribution is -0.133. The molecule has 0 radical (unpaired) electrons. The van der Waals surface area contributed by atoms with E-state index >= 15 is 0 Å². The second-order valence-electron chi connectivity index (χ2n) is 6.81. The molecule has 2 aromatic carbocycles. The number of rotatable bonds is 4. The molecule has 148 valence electrons. The summed E-state index contributed by atoms with van der Waals surface area (Å²) >= 11 is 11.9. The highest BCUT2D eigenvalue weighted by Gasteiger charge is 2.36. The molecule has 0 bridgehead atoms. The van der Waals surface area contributed by atoms with Crippen molar-refractivity contribution < 1.29 is 4.79 Å². The molecule has 2 aliphatic rings. The van der Waals surface area contributed by atoms with E-state index in [-0.39, 0.29) is 12.1 Å². The van der Waals surface area contributed by atoms with Gasteiger partial charge in [0.2, 0.25) is 5.91 Å². The Labute approximate surface area is 173 Å². The highest BCUT2D eigenvalue weighted by atomic mass is 35.5. The second kappa shape index (κ2) is 8.55. The summed E-state index contributed by atoms with van der Waals surface area (Å²) in [7, 11) is 0. The van der Waals surface area contributed by atoms with Crippen LogP contribution in [0.15, 0.2) is 48.5 Å². The third-order valence-electron chi connectivity index (χ3n) is 5.00. The number of nitrogens with zero attached hydrogens (tertiary/aromatic N) is 2. The lowest BCUT2D eigenvalue weighted by Gasteiger charge is -2.37. The third kappa shape index (κ3) is 4.34. The molecule has 2 unspecified atom stereocenters. The molecule has 0 aromatic heterocycles. The number of carbonyl (C=O) groups is 1. The zero-order valence-corrected chi connectivity index (χ0v) is 16.7. The molecule has 0 spiro atoms. The van der Waals surface area contributed by atoms with Gasteiger partial charge in [-0.25, -0.2) is 10.9 Å². The van der Waals surface area contributed by atoms with E-state index < -0.39 is 6.04 Å². The van der Waals surface area contributed by atoms with Gasteiger partial charge in [0, 0.05) is 47.6 Å². The third-order valence-corrected chi connectivity index (χ3v) is 5.51. The summed E-state index contributed by atoms with van der Waals surface area (Å²) in [5, 5.41) is 4.71. The fourth-order valence-corrected chi connectivity index (χ4v) is 3.70. The first-order chi connectivity index (χ1) is 13.6. The van der Waals surface area contributed by atoms with E-state index in [1.54, 1.807) is 0 Å². The summed E-state index contributed by atoms with van der Waals surface area (Å²) in [6.07, 6.45) is -0.275. The SMILES string of the molecule is O=C(C1NNNC1Nc1ccc(Cl)cc1)N1CCN(c2ccc(Cl)cc2)CC1. The summed E-state index contributed by atoms with van der Waals surface area (Å²) in [6, 6.07) is 14.8. The highest BCUT2D eigenvalue weighted by Crippen LogP contribution is 2.20. The van der Waals surface area contributed by atoms with Gasteiger partial charge in [0.1, 0.15) is 12.2 Å². The molecule has 2 aromatic rings. The minimum atomic E-state index is -0.419. The summed E-state index contributed by atoms with van der Waals surface area (Å²) in [5.74, 6) is 0.0553. The van der Waals surface area contributed by atoms with Crippen molar-refractivity contribution in [1.82, 2.24) is 21.3 Å². The Morgan fingerprint density at radius 2 is 1.50 bits per heavy atom. The number of amides is 1. The van der Waals surface area contributed by atoms with Crippen LogP contribution in [-0.4, -0.2) is 49.2 Å². The molecule has 4 N–H and O–H groups in total. The Hall–Kier alpha value is -2.03. The van der Waals surface area contributed by atoms with Gasteiger partial charge in [0.05, 0.1) is 0 Å². The summed E-state index contributed by atoms with van der Waals surface area (Å²) in [5.41, 5.74) is 10.9. The number of nitrogens with one attached hydrogen (secondary N) is 4. The van der Waals surface area contributed by atoms with Crippen molar-refractivity contribution in [2.45, 2.75) is 12.2 Å². The molecule has 2 atom stereocenters. The van der Waals surface area contributed by atoms with Crippen LogP contribution in [0.4, 0.5) is 11.4 Å². The highest BCUT2D eigenvalue weighted by molar-refractivity contribution is 6.30. The topological polar surface area (TPSA) is 71.7 Å². The normalized spacial score (nSPS) is 22.4. The second-order valence-corrected chi connectivity index (χ2v) is 7.68. The van der Waals surface area contributed by atoms with Gasteiger partial charge in [-0.1, -0.05) is 23.2 Å². The predicted octanol–water partition coefficient (Wildman–Crippen LogP) is 2.06. The van der Waals surface area contributed by atoms with Crippen LogP contribution in [0.25, 0.3) is 0 Å². The lowest BCUT2D eigenvalue weighted by atomic mass is 10.1. The maximum atomic E-state index is 13.0. The smallest absolute Gasteiger partial charge is 0.244 e. The quantitative estimate of drug-likeness (QED) is 0.606. The minimum Gasteiger partial charge on any atom is -0.368 e. The van der Waals surface area contributed by atoms with E-state index in [1.165, 1.54) is 0 Å². The predicted molar refractivity (Wildman–Crippen MR) is 112 cm³/mol. The number of hydrogen-bond donors (Lipinski definition) is 4. The molecule has 2 heterocycles. The lowest BCUT2D eigenvalue weighted by Crippen LogP contribution is -2.57. The van der Waals surface area contributed by atoms with E-state index in [0.717, 1.165) is 29.5 Å². The Morgan fingerprint density at radius 3 is 2.14 bits per heavy atom. The van der Waals surface area contributed by atoms with Gasteiger partial charge in [0.15, 0.2) is 0 Å². The van der Waals surface area contributed by atoms with Crippen molar-refractivity contribution in [2.75, 3.05) is 36.4 Å². The van der Waals surface area contributed by atoms with Gasteiger partial charge >= 0.3 is 0 Å². The zero-order valence-electron chi connectivity index (χ0n) is 15.2. The molecule has 2 saturated heterocycles. The van der Waals surface area contributed by atoms with Crippen molar-refractivity contribution in [3.63, 3.8) is 0 Å². The molecular weight excluding hydrogens is 399 g/mol. The van der Waals surface area contributed by atoms with Crippen molar-refractivity contribution in [3.05, 3.63) is 58.6 Å². The van der Waals surface area contributed by atoms with Crippen LogP contribution in [0.1, 0.15) is 0 Å². The average Bonchev–Trinajstić information content (AvgIpc) is 3.18. The Balaban J connectivity index is 1.35. The van der Waals surface area contributed by atoms with Gasteiger partial charge in [0.25, 0.3) is 0 Å². The fraction of sp³-hybridized carbons (Fsp3) is 0.316. The summed E-state index contributed by atoms with van der Waals surface area (Å²) in [4.78, 5) is 17.2. The molecule has 9 heteroatoms. The number of benzene rings is 2. The van der Waals surface area contributed by atoms with Crippen molar-refractivity contribution >= 4 is 40.5 Å². The minimum absolute atomic E-state index is 0.0553. The van der Waals surface area contributed by atoms with Crippen LogP contribution in [0.3, 0.4) is 0 Å². The van der Waals surface area contributed by atoms with E-state index in [2.05, 4.69) is 26.6 Å². The molecule has 2 aliphatic heterocycles. The van der Waals surface area contributed by atoms with Crippen molar-refractivity contribution in [1.29, 1.82) is 0 Å². The summed E-state index contributed by atoms with van der Waals surface area (Å²) in [6.45, 7) is 2.92. The molecule has 1 amide bonds. The van der Waals surface area contributed by atoms with E-state index in [9.17, 15) is 4.79 Å². The largest absolute Gasteiger partial charge is 0.368 e. The van der Waals surface area contributed by atoms with E-state index in [0.29, 0.717) is 18.1 Å². The number of carbonyl (C=O) groups excluding carboxylic acids is 1. The van der Waals surface area contributed by atoms with Gasteiger partial charge in [-0.15, -0.1) is 0 Å². The average molecular weight is 421 g/mol. The Morgan fingerprint density at radius 1 is 0.893 bits per heavy atom. The maximum absolute atomic E-state index is 13.0. The fourth-order valence-electron chi connectivity index (χ4n) is 3.45. The number of hydrogen-bond acceptors (Lipinski definition) is 6. The van der Waals surface area contributed by atoms with Crippen LogP contribution >= 0.6 is 23.2 Å². The number of anilines is 2. The first kappa shape index (κ1) is 19.3. The van der Waals surface area contributed by atoms with Crippen molar-refractivity contribution in [3.8, 4) is 0 Å². The molecule has 0 aliphatic carbocycles. The Kier molecular flexibility index (Phi) is 5.89. The number of hydrazine groups is 2. The monoisotopic (exact) mass is 420 g/mol. The first-order valence-corrected chi connectivity index (χ1v) is 9.93. The zero-order chi connectivity index (χ0) is 19.5. The molecule has 28 heavy (non-hydrogen) atoms. The Bertz CT molecular complexity index is 808. The van der Waals surface area contributed by atoms with Crippen LogP contribution in [-0.2, 0) is 4.79 Å². The molecule has 4 rings (SSSR count). The van der Waals surface area contributed by atoms with E-state index in [1.807, 2.05) is 53.4 Å². The van der Waals surface area contributed by atoms with Crippen LogP contribution in [0, 0.1) is 0 Å². The van der Waals surface area contributed by atoms with Crippen molar-refractivity contribution in [2.24, 2.45) is 0 Å². The van der Waals surface area contributed by atoms with Gasteiger partial charge in [-0.3, -0.25) is 4.79 Å². The van der Waals surface area contributed by atoms with Gasteiger partial charge in [-0.2, -0.15) is 5.53 Å². The van der Waals surface area contributed by atoms with Gasteiger partial charge < -0.3 is 15.1 Å². The molecule has 0 saturated carbocycles. The van der Waals surface area contributed by atoms with Crippen LogP contribution < -0.4 is 26.6 Å². The van der Waals surface area contributed by atoms with Crippen LogP contribution in [0.2, 0.25) is 10.0 Å². The first-order valence-electron chi connectivity index (χ1n) is 9.17. The van der Waals surface area contributed by atoms with E-state index in [4.69, 9.17) is 23.2 Å². The van der Waals surface area contributed by atoms with Crippen LogP contribution in [0.5, 0.6) is 0 Å². The standard InChI is InChI=1S/C19H22Cl2N6O/c20-13-1-5-15(6-2-13)22-18-17(23-25-24-18)19(28)27-11-9-26(10-12-27)16-7-3-14(21)4-8-16/h1-8,17-18,22-25H,9-12H2.